The molecule has 0 spiro atoms. The maximum absolute atomic E-state index is 13.6. The molecule has 0 saturated carbocycles. The lowest BCUT2D eigenvalue weighted by atomic mass is 9.84. The van der Waals surface area contributed by atoms with Crippen LogP contribution in [0.4, 0.5) is 0 Å². The molecule has 0 aromatic carbocycles. The van der Waals surface area contributed by atoms with Crippen molar-refractivity contribution in [3.05, 3.63) is 11.6 Å². The maximum atomic E-state index is 13.6. The summed E-state index contributed by atoms with van der Waals surface area (Å²) in [6.07, 6.45) is 4.70. The van der Waals surface area contributed by atoms with Crippen LogP contribution in [0.25, 0.3) is 0 Å². The number of hydrogen-bond acceptors (Lipinski definition) is 5. The Bertz CT molecular complexity index is 666. The maximum Gasteiger partial charge on any atom is 0.333 e. The molecular weight excluding hydrogens is 394 g/mol. The number of piperidine rings is 1. The number of rotatable bonds is 8. The predicted molar refractivity (Wildman–Crippen MR) is 123 cm³/mol. The molecule has 1 rings (SSSR count). The van der Waals surface area contributed by atoms with Gasteiger partial charge in [-0.15, -0.1) is 0 Å². The zero-order valence-corrected chi connectivity index (χ0v) is 20.9. The number of ether oxygens (including phenoxy) is 1. The number of likely N-dealkylation sites (tertiary alicyclic amines) is 1. The van der Waals surface area contributed by atoms with Gasteiger partial charge in [0.05, 0.1) is 18.7 Å². The minimum atomic E-state index is -0.669. The van der Waals surface area contributed by atoms with Gasteiger partial charge in [-0.1, -0.05) is 47.1 Å². The molecule has 2 amide bonds. The van der Waals surface area contributed by atoms with Gasteiger partial charge in [0.25, 0.3) is 0 Å². The summed E-state index contributed by atoms with van der Waals surface area (Å²) in [6, 6.07) is -1.17. The van der Waals surface area contributed by atoms with E-state index in [-0.39, 0.29) is 35.8 Å². The van der Waals surface area contributed by atoms with E-state index in [4.69, 9.17) is 4.74 Å². The van der Waals surface area contributed by atoms with Crippen molar-refractivity contribution in [1.29, 1.82) is 0 Å². The van der Waals surface area contributed by atoms with Crippen molar-refractivity contribution >= 4 is 17.8 Å². The highest BCUT2D eigenvalue weighted by Gasteiger charge is 2.39. The molecule has 1 aliphatic heterocycles. The highest BCUT2D eigenvalue weighted by atomic mass is 16.5. The topological polar surface area (TPSA) is 79.0 Å². The number of nitrogens with one attached hydrogen (secondary N) is 1. The Labute approximate surface area is 188 Å². The Morgan fingerprint density at radius 3 is 2.32 bits per heavy atom. The van der Waals surface area contributed by atoms with Crippen molar-refractivity contribution in [1.82, 2.24) is 15.1 Å². The largest absolute Gasteiger partial charge is 0.463 e. The zero-order valence-electron chi connectivity index (χ0n) is 20.9. The van der Waals surface area contributed by atoms with E-state index in [9.17, 15) is 14.4 Å². The SMILES string of the molecule is CCOC(=O)C(C)=C[C@H](C(C)C)N(C)C(=O)C(NC(=O)[C@H]1CCCCN1C)C(C)(C)C. The second-order valence-corrected chi connectivity index (χ2v) is 10.1. The van der Waals surface area contributed by atoms with Gasteiger partial charge in [-0.3, -0.25) is 14.5 Å². The van der Waals surface area contributed by atoms with E-state index in [2.05, 4.69) is 10.2 Å². The monoisotopic (exact) mass is 437 g/mol. The number of hydrogen-bond donors (Lipinski definition) is 1. The van der Waals surface area contributed by atoms with E-state index in [1.165, 1.54) is 0 Å². The lowest BCUT2D eigenvalue weighted by molar-refractivity contribution is -0.141. The molecule has 1 heterocycles. The van der Waals surface area contributed by atoms with Crippen LogP contribution in [0, 0.1) is 11.3 Å². The van der Waals surface area contributed by atoms with Crippen LogP contribution in [0.3, 0.4) is 0 Å². The molecule has 1 aliphatic rings. The summed E-state index contributed by atoms with van der Waals surface area (Å²) in [4.78, 5) is 42.4. The summed E-state index contributed by atoms with van der Waals surface area (Å²) in [5.41, 5.74) is 0.00994. The average Bonchev–Trinajstić information content (AvgIpc) is 2.68. The lowest BCUT2D eigenvalue weighted by Gasteiger charge is -2.39. The fourth-order valence-electron chi connectivity index (χ4n) is 3.96. The van der Waals surface area contributed by atoms with E-state index < -0.39 is 11.5 Å². The summed E-state index contributed by atoms with van der Waals surface area (Å²) in [7, 11) is 3.70. The Morgan fingerprint density at radius 1 is 1.23 bits per heavy atom. The molecule has 1 saturated heterocycles. The Kier molecular flexibility index (Phi) is 10.2. The first-order valence-corrected chi connectivity index (χ1v) is 11.4. The standard InChI is InChI=1S/C24H43N3O4/c1-10-31-23(30)17(4)15-19(16(2)3)27(9)22(29)20(24(5,6)7)25-21(28)18-13-11-12-14-26(18)8/h15-16,18-20H,10-14H2,1-9H3,(H,25,28)/t18-,19-,20?/m1/s1. The first-order valence-electron chi connectivity index (χ1n) is 11.4. The van der Waals surface area contributed by atoms with E-state index in [0.717, 1.165) is 25.8 Å². The molecule has 0 aromatic rings. The number of carbonyl (C=O) groups excluding carboxylic acids is 3. The van der Waals surface area contributed by atoms with Crippen LogP contribution in [0.15, 0.2) is 11.6 Å². The van der Waals surface area contributed by atoms with Crippen molar-refractivity contribution in [2.75, 3.05) is 27.2 Å². The lowest BCUT2D eigenvalue weighted by Crippen LogP contribution is -2.59. The highest BCUT2D eigenvalue weighted by Crippen LogP contribution is 2.25. The molecule has 3 atom stereocenters. The Morgan fingerprint density at radius 2 is 1.84 bits per heavy atom. The normalized spacial score (nSPS) is 20.2. The van der Waals surface area contributed by atoms with Gasteiger partial charge in [-0.25, -0.2) is 4.79 Å². The summed E-state index contributed by atoms with van der Waals surface area (Å²) >= 11 is 0. The summed E-state index contributed by atoms with van der Waals surface area (Å²) in [5.74, 6) is -0.553. The number of amides is 2. The van der Waals surface area contributed by atoms with Crippen LogP contribution in [0.2, 0.25) is 0 Å². The van der Waals surface area contributed by atoms with Crippen molar-refractivity contribution in [3.8, 4) is 0 Å². The number of carbonyl (C=O) groups is 3. The quantitative estimate of drug-likeness (QED) is 0.466. The van der Waals surface area contributed by atoms with Gasteiger partial charge in [0.2, 0.25) is 11.8 Å². The van der Waals surface area contributed by atoms with Gasteiger partial charge in [0.15, 0.2) is 0 Å². The summed E-state index contributed by atoms with van der Waals surface area (Å²) in [6.45, 7) is 14.5. The average molecular weight is 438 g/mol. The van der Waals surface area contributed by atoms with Crippen molar-refractivity contribution in [3.63, 3.8) is 0 Å². The van der Waals surface area contributed by atoms with Crippen LogP contribution in [0.1, 0.15) is 67.7 Å². The molecule has 178 valence electrons. The second-order valence-electron chi connectivity index (χ2n) is 10.1. The van der Waals surface area contributed by atoms with E-state index in [1.807, 2.05) is 41.7 Å². The minimum Gasteiger partial charge on any atom is -0.463 e. The molecule has 31 heavy (non-hydrogen) atoms. The third-order valence-corrected chi connectivity index (χ3v) is 5.97. The fourth-order valence-corrected chi connectivity index (χ4v) is 3.96. The van der Waals surface area contributed by atoms with Gasteiger partial charge in [-0.2, -0.15) is 0 Å². The van der Waals surface area contributed by atoms with E-state index in [0.29, 0.717) is 12.2 Å². The van der Waals surface area contributed by atoms with Gasteiger partial charge in [0.1, 0.15) is 6.04 Å². The third-order valence-electron chi connectivity index (χ3n) is 5.97. The molecule has 0 aliphatic carbocycles. The molecule has 1 N–H and O–H groups in total. The zero-order chi connectivity index (χ0) is 23.9. The van der Waals surface area contributed by atoms with E-state index >= 15 is 0 Å². The minimum absolute atomic E-state index is 0.0825. The molecule has 0 aromatic heterocycles. The van der Waals surface area contributed by atoms with Gasteiger partial charge >= 0.3 is 5.97 Å². The predicted octanol–water partition coefficient (Wildman–Crippen LogP) is 2.99. The van der Waals surface area contributed by atoms with Gasteiger partial charge in [-0.05, 0) is 51.6 Å². The molecule has 0 bridgehead atoms. The summed E-state index contributed by atoms with van der Waals surface area (Å²) in [5, 5.41) is 3.04. The fraction of sp³-hybridized carbons (Fsp3) is 0.792. The van der Waals surface area contributed by atoms with Gasteiger partial charge < -0.3 is 15.0 Å². The molecule has 1 unspecified atom stereocenters. The van der Waals surface area contributed by atoms with Crippen LogP contribution in [-0.2, 0) is 19.1 Å². The van der Waals surface area contributed by atoms with Crippen molar-refractivity contribution in [2.24, 2.45) is 11.3 Å². The van der Waals surface area contributed by atoms with Crippen LogP contribution in [0.5, 0.6) is 0 Å². The van der Waals surface area contributed by atoms with Crippen LogP contribution < -0.4 is 5.32 Å². The highest BCUT2D eigenvalue weighted by molar-refractivity contribution is 5.91. The first kappa shape index (κ1) is 27.1. The molecule has 7 heteroatoms. The number of esters is 1. The van der Waals surface area contributed by atoms with Crippen molar-refractivity contribution in [2.45, 2.75) is 85.9 Å². The Hall–Kier alpha value is -1.89. The molecular formula is C24H43N3O4. The van der Waals surface area contributed by atoms with Crippen molar-refractivity contribution < 1.29 is 19.1 Å². The number of likely N-dealkylation sites (N-methyl/N-ethyl adjacent to an activating group) is 2. The van der Waals surface area contributed by atoms with E-state index in [1.54, 1.807) is 31.9 Å². The molecule has 0 radical (unpaired) electrons. The third kappa shape index (κ3) is 7.63. The number of nitrogens with zero attached hydrogens (tertiary/aromatic N) is 2. The summed E-state index contributed by atoms with van der Waals surface area (Å²) < 4.78 is 5.08. The van der Waals surface area contributed by atoms with Crippen LogP contribution >= 0.6 is 0 Å². The van der Waals surface area contributed by atoms with Gasteiger partial charge in [0, 0.05) is 12.6 Å². The second kappa shape index (κ2) is 11.7. The van der Waals surface area contributed by atoms with Crippen LogP contribution in [-0.4, -0.2) is 73.0 Å². The molecule has 1 fully saturated rings. The smallest absolute Gasteiger partial charge is 0.333 e. The first-order chi connectivity index (χ1) is 14.3. The Balaban J connectivity index is 3.10. The molecule has 7 nitrogen and oxygen atoms in total.